The van der Waals surface area contributed by atoms with Crippen LogP contribution in [0.25, 0.3) is 22.3 Å². The molecule has 0 atom stereocenters. The number of rotatable bonds is 3. The molecule has 0 bridgehead atoms. The second kappa shape index (κ2) is 5.03. The van der Waals surface area contributed by atoms with E-state index >= 15 is 0 Å². The fourth-order valence-corrected chi connectivity index (χ4v) is 2.87. The number of hydrogen-bond donors (Lipinski definition) is 2. The van der Waals surface area contributed by atoms with Crippen molar-refractivity contribution in [1.82, 2.24) is 19.5 Å². The molecule has 0 amide bonds. The largest absolute Gasteiger partial charge is 0.342 e. The van der Waals surface area contributed by atoms with Crippen LogP contribution in [0.2, 0.25) is 0 Å². The van der Waals surface area contributed by atoms with Crippen LogP contribution < -0.4 is 5.73 Å². The number of fused-ring (bicyclic) bond motifs is 1. The predicted octanol–water partition coefficient (Wildman–Crippen LogP) is 2.54. The Morgan fingerprint density at radius 1 is 1.35 bits per heavy atom. The molecule has 2 aromatic heterocycles. The maximum absolute atomic E-state index is 5.62. The van der Waals surface area contributed by atoms with Gasteiger partial charge in [-0.2, -0.15) is 0 Å². The zero-order valence-electron chi connectivity index (χ0n) is 11.4. The number of nitrogens with one attached hydrogen (secondary N) is 1. The normalized spacial score (nSPS) is 11.4. The number of halogens is 1. The maximum atomic E-state index is 5.62. The first kappa shape index (κ1) is 13.3. The quantitative estimate of drug-likeness (QED) is 0.773. The molecule has 0 saturated carbocycles. The van der Waals surface area contributed by atoms with Crippen LogP contribution in [0.5, 0.6) is 0 Å². The van der Waals surface area contributed by atoms with Crippen LogP contribution >= 0.6 is 15.9 Å². The molecule has 2 heterocycles. The third kappa shape index (κ3) is 2.14. The standard InChI is InChI=1S/C14H16BrN5/c1-8-17-10-4-3-9(7-11(10)18-8)13-14(15)20(2)12(19-13)5-6-16/h3-4,7H,5-6,16H2,1-2H3,(H,17,18). The molecule has 0 radical (unpaired) electrons. The minimum absolute atomic E-state index is 0.593. The van der Waals surface area contributed by atoms with Crippen LogP contribution in [-0.4, -0.2) is 26.1 Å². The van der Waals surface area contributed by atoms with E-state index in [-0.39, 0.29) is 0 Å². The number of nitrogens with zero attached hydrogens (tertiary/aromatic N) is 3. The van der Waals surface area contributed by atoms with Crippen LogP contribution in [-0.2, 0) is 13.5 Å². The summed E-state index contributed by atoms with van der Waals surface area (Å²) in [5, 5.41) is 0. The summed E-state index contributed by atoms with van der Waals surface area (Å²) >= 11 is 3.61. The molecule has 0 fully saturated rings. The molecule has 0 unspecified atom stereocenters. The zero-order valence-corrected chi connectivity index (χ0v) is 13.0. The molecule has 0 spiro atoms. The minimum atomic E-state index is 0.593. The Labute approximate surface area is 125 Å². The molecule has 6 heteroatoms. The van der Waals surface area contributed by atoms with E-state index in [0.717, 1.165) is 45.0 Å². The van der Waals surface area contributed by atoms with Gasteiger partial charge < -0.3 is 15.3 Å². The van der Waals surface area contributed by atoms with Gasteiger partial charge in [-0.05, 0) is 41.5 Å². The lowest BCUT2D eigenvalue weighted by Crippen LogP contribution is -2.07. The molecule has 3 rings (SSSR count). The van der Waals surface area contributed by atoms with E-state index in [4.69, 9.17) is 5.73 Å². The number of aromatic nitrogens is 4. The second-order valence-electron chi connectivity index (χ2n) is 4.82. The monoisotopic (exact) mass is 333 g/mol. The highest BCUT2D eigenvalue weighted by molar-refractivity contribution is 9.10. The zero-order chi connectivity index (χ0) is 14.3. The predicted molar refractivity (Wildman–Crippen MR) is 83.5 cm³/mol. The Bertz CT molecular complexity index is 771. The lowest BCUT2D eigenvalue weighted by molar-refractivity contribution is 0.767. The molecule has 0 saturated heterocycles. The van der Waals surface area contributed by atoms with Gasteiger partial charge in [0.2, 0.25) is 0 Å². The first-order chi connectivity index (χ1) is 9.60. The van der Waals surface area contributed by atoms with Crippen molar-refractivity contribution in [2.75, 3.05) is 6.54 Å². The third-order valence-corrected chi connectivity index (χ3v) is 4.27. The van der Waals surface area contributed by atoms with Crippen LogP contribution in [0, 0.1) is 6.92 Å². The molecule has 20 heavy (non-hydrogen) atoms. The number of aryl methyl sites for hydroxylation is 1. The van der Waals surface area contributed by atoms with Crippen molar-refractivity contribution in [2.24, 2.45) is 12.8 Å². The van der Waals surface area contributed by atoms with Gasteiger partial charge in [-0.3, -0.25) is 0 Å². The van der Waals surface area contributed by atoms with Crippen molar-refractivity contribution >= 4 is 27.0 Å². The molecular weight excluding hydrogens is 318 g/mol. The Morgan fingerprint density at radius 2 is 2.15 bits per heavy atom. The smallest absolute Gasteiger partial charge is 0.112 e. The van der Waals surface area contributed by atoms with Gasteiger partial charge in [-0.1, -0.05) is 6.07 Å². The van der Waals surface area contributed by atoms with Crippen LogP contribution in [0.3, 0.4) is 0 Å². The number of hydrogen-bond acceptors (Lipinski definition) is 3. The summed E-state index contributed by atoms with van der Waals surface area (Å²) in [6, 6.07) is 6.13. The van der Waals surface area contributed by atoms with Crippen LogP contribution in [0.15, 0.2) is 22.8 Å². The van der Waals surface area contributed by atoms with Gasteiger partial charge in [-0.25, -0.2) is 9.97 Å². The van der Waals surface area contributed by atoms with Crippen molar-refractivity contribution in [1.29, 1.82) is 0 Å². The number of aromatic amines is 1. The molecule has 5 nitrogen and oxygen atoms in total. The summed E-state index contributed by atoms with van der Waals surface area (Å²) in [5.74, 6) is 1.90. The fraction of sp³-hybridized carbons (Fsp3) is 0.286. The van der Waals surface area contributed by atoms with Crippen molar-refractivity contribution < 1.29 is 0 Å². The maximum Gasteiger partial charge on any atom is 0.112 e. The highest BCUT2D eigenvalue weighted by atomic mass is 79.9. The summed E-state index contributed by atoms with van der Waals surface area (Å²) in [6.07, 6.45) is 0.764. The van der Waals surface area contributed by atoms with Crippen LogP contribution in [0.4, 0.5) is 0 Å². The molecular formula is C14H16BrN5. The van der Waals surface area contributed by atoms with E-state index < -0.39 is 0 Å². The molecule has 104 valence electrons. The van der Waals surface area contributed by atoms with Crippen molar-refractivity contribution in [3.63, 3.8) is 0 Å². The average molecular weight is 334 g/mol. The summed E-state index contributed by atoms with van der Waals surface area (Å²) < 4.78 is 3.00. The Hall–Kier alpha value is -1.66. The van der Waals surface area contributed by atoms with Gasteiger partial charge in [0.05, 0.1) is 11.0 Å². The lowest BCUT2D eigenvalue weighted by atomic mass is 10.1. The third-order valence-electron chi connectivity index (χ3n) is 3.36. The summed E-state index contributed by atoms with van der Waals surface area (Å²) in [5.41, 5.74) is 9.62. The first-order valence-corrected chi connectivity index (χ1v) is 7.27. The molecule has 1 aromatic carbocycles. The first-order valence-electron chi connectivity index (χ1n) is 6.48. The van der Waals surface area contributed by atoms with E-state index in [9.17, 15) is 0 Å². The van der Waals surface area contributed by atoms with Gasteiger partial charge in [0.15, 0.2) is 0 Å². The van der Waals surface area contributed by atoms with Crippen molar-refractivity contribution in [2.45, 2.75) is 13.3 Å². The summed E-state index contributed by atoms with van der Waals surface area (Å²) in [6.45, 7) is 2.55. The van der Waals surface area contributed by atoms with Gasteiger partial charge >= 0.3 is 0 Å². The highest BCUT2D eigenvalue weighted by Gasteiger charge is 2.14. The minimum Gasteiger partial charge on any atom is -0.342 e. The van der Waals surface area contributed by atoms with Gasteiger partial charge in [0, 0.05) is 19.0 Å². The topological polar surface area (TPSA) is 72.5 Å². The number of imidazole rings is 2. The van der Waals surface area contributed by atoms with E-state index in [1.54, 1.807) is 0 Å². The van der Waals surface area contributed by atoms with E-state index in [1.807, 2.05) is 30.7 Å². The highest BCUT2D eigenvalue weighted by Crippen LogP contribution is 2.30. The number of H-pyrrole nitrogens is 1. The molecule has 0 aliphatic carbocycles. The summed E-state index contributed by atoms with van der Waals surface area (Å²) in [4.78, 5) is 12.4. The van der Waals surface area contributed by atoms with Gasteiger partial charge in [0.25, 0.3) is 0 Å². The van der Waals surface area contributed by atoms with E-state index in [0.29, 0.717) is 6.54 Å². The lowest BCUT2D eigenvalue weighted by Gasteiger charge is -2.00. The van der Waals surface area contributed by atoms with E-state index in [2.05, 4.69) is 36.9 Å². The SMILES string of the molecule is Cc1nc2ccc(-c3nc(CCN)n(C)c3Br)cc2[nH]1. The van der Waals surface area contributed by atoms with Gasteiger partial charge in [0.1, 0.15) is 21.9 Å². The fourth-order valence-electron chi connectivity index (χ4n) is 2.34. The van der Waals surface area contributed by atoms with Crippen molar-refractivity contribution in [3.8, 4) is 11.3 Å². The molecule has 3 aromatic rings. The number of nitrogens with two attached hydrogens (primary N) is 1. The Kier molecular flexibility index (Phi) is 3.35. The molecule has 0 aliphatic rings. The van der Waals surface area contributed by atoms with Crippen molar-refractivity contribution in [3.05, 3.63) is 34.5 Å². The number of benzene rings is 1. The Balaban J connectivity index is 2.12. The summed E-state index contributed by atoms with van der Waals surface area (Å²) in [7, 11) is 1.99. The van der Waals surface area contributed by atoms with Gasteiger partial charge in [-0.15, -0.1) is 0 Å². The van der Waals surface area contributed by atoms with Crippen LogP contribution in [0.1, 0.15) is 11.6 Å². The molecule has 3 N–H and O–H groups in total. The average Bonchev–Trinajstić information content (AvgIpc) is 2.92. The van der Waals surface area contributed by atoms with E-state index in [1.165, 1.54) is 0 Å². The molecule has 0 aliphatic heterocycles. The Morgan fingerprint density at radius 3 is 2.90 bits per heavy atom. The second-order valence-corrected chi connectivity index (χ2v) is 5.57.